The molecule has 0 atom stereocenters. The van der Waals surface area contributed by atoms with Gasteiger partial charge in [-0.15, -0.1) is 11.6 Å². The van der Waals surface area contributed by atoms with E-state index in [9.17, 15) is 26.3 Å². The van der Waals surface area contributed by atoms with E-state index in [0.29, 0.717) is 6.07 Å². The molecule has 0 bridgehead atoms. The molecule has 1 aromatic carbocycles. The molecule has 0 radical (unpaired) electrons. The van der Waals surface area contributed by atoms with Gasteiger partial charge in [0.1, 0.15) is 17.3 Å². The van der Waals surface area contributed by atoms with E-state index < -0.39 is 34.9 Å². The predicted octanol–water partition coefficient (Wildman–Crippen LogP) is 3.96. The topological polar surface area (TPSA) is 47.6 Å². The number of amidine groups is 1. The number of hydrogen-bond acceptors (Lipinski definition) is 2. The SMILES string of the molecule is COc1cc(C(F)(F)F)cc(C(F)(F)F)c1N=C(N)CCl. The third-order valence-corrected chi connectivity index (χ3v) is 2.59. The molecule has 0 aliphatic carbocycles. The van der Waals surface area contributed by atoms with E-state index in [4.69, 9.17) is 17.3 Å². The van der Waals surface area contributed by atoms with Gasteiger partial charge in [0.05, 0.1) is 24.1 Å². The number of aliphatic imine (C=N–C) groups is 1. The lowest BCUT2D eigenvalue weighted by Crippen LogP contribution is -2.15. The summed E-state index contributed by atoms with van der Waals surface area (Å²) in [6.07, 6.45) is -10.0. The highest BCUT2D eigenvalue weighted by molar-refractivity contribution is 6.28. The molecule has 10 heteroatoms. The first-order valence-electron chi connectivity index (χ1n) is 5.26. The van der Waals surface area contributed by atoms with Gasteiger partial charge in [-0.1, -0.05) is 0 Å². The zero-order valence-electron chi connectivity index (χ0n) is 10.4. The van der Waals surface area contributed by atoms with E-state index in [1.807, 2.05) is 0 Å². The van der Waals surface area contributed by atoms with Crippen LogP contribution in [0.2, 0.25) is 0 Å². The standard InChI is InChI=1S/C11H9ClF6N2O/c1-21-7-3-5(10(13,14)15)2-6(11(16,17)18)9(7)20-8(19)4-12/h2-3H,4H2,1H3,(H2,19,20). The van der Waals surface area contributed by atoms with Crippen LogP contribution in [0.3, 0.4) is 0 Å². The molecular formula is C11H9ClF6N2O. The van der Waals surface area contributed by atoms with Crippen molar-refractivity contribution in [2.75, 3.05) is 13.0 Å². The Hall–Kier alpha value is -1.64. The van der Waals surface area contributed by atoms with Crippen LogP contribution < -0.4 is 10.5 Å². The second-order valence-corrected chi connectivity index (χ2v) is 4.07. The largest absolute Gasteiger partial charge is 0.494 e. The highest BCUT2D eigenvalue weighted by Gasteiger charge is 2.40. The second-order valence-electron chi connectivity index (χ2n) is 3.81. The molecular weight excluding hydrogens is 326 g/mol. The molecule has 0 aliphatic heterocycles. The number of rotatable bonds is 3. The fourth-order valence-electron chi connectivity index (χ4n) is 1.43. The van der Waals surface area contributed by atoms with Crippen LogP contribution in [0.5, 0.6) is 5.75 Å². The van der Waals surface area contributed by atoms with Gasteiger partial charge in [-0.3, -0.25) is 0 Å². The summed E-state index contributed by atoms with van der Waals surface area (Å²) in [5.74, 6) is -1.48. The maximum absolute atomic E-state index is 12.9. The van der Waals surface area contributed by atoms with Crippen molar-refractivity contribution in [1.82, 2.24) is 0 Å². The van der Waals surface area contributed by atoms with Crippen molar-refractivity contribution in [2.24, 2.45) is 10.7 Å². The van der Waals surface area contributed by atoms with Gasteiger partial charge in [0.2, 0.25) is 0 Å². The maximum Gasteiger partial charge on any atom is 0.418 e. The molecule has 0 unspecified atom stereocenters. The Balaban J connectivity index is 3.69. The van der Waals surface area contributed by atoms with E-state index in [-0.39, 0.29) is 17.8 Å². The first-order valence-corrected chi connectivity index (χ1v) is 5.79. The average Bonchev–Trinajstić information content (AvgIpc) is 2.35. The number of hydrogen-bond donors (Lipinski definition) is 1. The van der Waals surface area contributed by atoms with Crippen LogP contribution in [-0.2, 0) is 12.4 Å². The molecule has 0 saturated heterocycles. The lowest BCUT2D eigenvalue weighted by Gasteiger charge is -2.17. The smallest absolute Gasteiger partial charge is 0.418 e. The van der Waals surface area contributed by atoms with Gasteiger partial charge in [0, 0.05) is 0 Å². The number of nitrogens with zero attached hydrogens (tertiary/aromatic N) is 1. The third kappa shape index (κ3) is 4.16. The Kier molecular flexibility index (Phi) is 4.98. The first kappa shape index (κ1) is 17.4. The monoisotopic (exact) mass is 334 g/mol. The molecule has 3 nitrogen and oxygen atoms in total. The molecule has 2 N–H and O–H groups in total. The van der Waals surface area contributed by atoms with Crippen LogP contribution in [-0.4, -0.2) is 18.8 Å². The molecule has 0 amide bonds. The normalized spacial score (nSPS) is 13.4. The Labute approximate surface area is 120 Å². The van der Waals surface area contributed by atoms with E-state index in [2.05, 4.69) is 9.73 Å². The summed E-state index contributed by atoms with van der Waals surface area (Å²) in [6.45, 7) is 0. The highest BCUT2D eigenvalue weighted by atomic mass is 35.5. The van der Waals surface area contributed by atoms with Crippen molar-refractivity contribution in [3.63, 3.8) is 0 Å². The van der Waals surface area contributed by atoms with E-state index in [1.165, 1.54) is 0 Å². The van der Waals surface area contributed by atoms with Crippen molar-refractivity contribution in [1.29, 1.82) is 0 Å². The van der Waals surface area contributed by atoms with Gasteiger partial charge in [0.25, 0.3) is 0 Å². The van der Waals surface area contributed by atoms with Gasteiger partial charge in [-0.05, 0) is 12.1 Å². The lowest BCUT2D eigenvalue weighted by molar-refractivity contribution is -0.142. The summed E-state index contributed by atoms with van der Waals surface area (Å²) in [4.78, 5) is 3.39. The summed E-state index contributed by atoms with van der Waals surface area (Å²) >= 11 is 5.31. The molecule has 118 valence electrons. The highest BCUT2D eigenvalue weighted by Crippen LogP contribution is 2.45. The minimum absolute atomic E-state index is 0.0527. The van der Waals surface area contributed by atoms with Gasteiger partial charge in [-0.25, -0.2) is 4.99 Å². The van der Waals surface area contributed by atoms with Crippen molar-refractivity contribution in [2.45, 2.75) is 12.4 Å². The van der Waals surface area contributed by atoms with Crippen LogP contribution in [0.1, 0.15) is 11.1 Å². The summed E-state index contributed by atoms with van der Waals surface area (Å²) < 4.78 is 81.2. The minimum Gasteiger partial charge on any atom is -0.494 e. The predicted molar refractivity (Wildman–Crippen MR) is 65.0 cm³/mol. The fraction of sp³-hybridized carbons (Fsp3) is 0.364. The second kappa shape index (κ2) is 6.00. The van der Waals surface area contributed by atoms with Crippen LogP contribution in [0, 0.1) is 0 Å². The van der Waals surface area contributed by atoms with Crippen LogP contribution >= 0.6 is 11.6 Å². The van der Waals surface area contributed by atoms with Crippen molar-refractivity contribution < 1.29 is 31.1 Å². The molecule has 0 aliphatic rings. The van der Waals surface area contributed by atoms with E-state index >= 15 is 0 Å². The Morgan fingerprint density at radius 1 is 1.19 bits per heavy atom. The number of benzene rings is 1. The molecule has 0 saturated carbocycles. The van der Waals surface area contributed by atoms with Crippen molar-refractivity contribution in [3.05, 3.63) is 23.3 Å². The van der Waals surface area contributed by atoms with Crippen LogP contribution in [0.4, 0.5) is 32.0 Å². The number of alkyl halides is 7. The molecule has 0 fully saturated rings. The number of nitrogens with two attached hydrogens (primary N) is 1. The quantitative estimate of drug-likeness (QED) is 0.393. The Morgan fingerprint density at radius 2 is 1.76 bits per heavy atom. The summed E-state index contributed by atoms with van der Waals surface area (Å²) in [5, 5.41) is 0. The van der Waals surface area contributed by atoms with Gasteiger partial charge >= 0.3 is 12.4 Å². The lowest BCUT2D eigenvalue weighted by atomic mass is 10.1. The van der Waals surface area contributed by atoms with Gasteiger partial charge in [-0.2, -0.15) is 26.3 Å². The minimum atomic E-state index is -5.07. The Morgan fingerprint density at radius 3 is 2.14 bits per heavy atom. The average molecular weight is 335 g/mol. The van der Waals surface area contributed by atoms with E-state index in [1.54, 1.807) is 0 Å². The third-order valence-electron chi connectivity index (χ3n) is 2.32. The fourth-order valence-corrected chi connectivity index (χ4v) is 1.49. The molecule has 0 spiro atoms. The summed E-state index contributed by atoms with van der Waals surface area (Å²) in [7, 11) is 0.922. The maximum atomic E-state index is 12.9. The summed E-state index contributed by atoms with van der Waals surface area (Å²) in [5.41, 5.74) is 1.27. The zero-order valence-corrected chi connectivity index (χ0v) is 11.2. The van der Waals surface area contributed by atoms with Crippen molar-refractivity contribution >= 4 is 23.1 Å². The number of halogens is 7. The summed E-state index contributed by atoms with van der Waals surface area (Å²) in [6, 6.07) is 0.360. The van der Waals surface area contributed by atoms with Crippen LogP contribution in [0.25, 0.3) is 0 Å². The van der Waals surface area contributed by atoms with Gasteiger partial charge in [0.15, 0.2) is 0 Å². The molecule has 0 heterocycles. The Bertz CT molecular complexity index is 553. The molecule has 21 heavy (non-hydrogen) atoms. The van der Waals surface area contributed by atoms with E-state index in [0.717, 1.165) is 7.11 Å². The zero-order chi connectivity index (χ0) is 16.4. The first-order chi connectivity index (χ1) is 9.50. The van der Waals surface area contributed by atoms with Crippen molar-refractivity contribution in [3.8, 4) is 5.75 Å². The van der Waals surface area contributed by atoms with Gasteiger partial charge < -0.3 is 10.5 Å². The molecule has 1 aromatic rings. The molecule has 0 aromatic heterocycles. The number of ether oxygens (including phenoxy) is 1. The van der Waals surface area contributed by atoms with Crippen LogP contribution in [0.15, 0.2) is 17.1 Å². The molecule has 1 rings (SSSR count). The number of methoxy groups -OCH3 is 1.